The van der Waals surface area contributed by atoms with Crippen LogP contribution in [0.15, 0.2) is 36.4 Å². The minimum atomic E-state index is -0.0504. The Morgan fingerprint density at radius 2 is 0.810 bits per heavy atom. The van der Waals surface area contributed by atoms with Crippen molar-refractivity contribution in [3.63, 3.8) is 0 Å². The smallest absolute Gasteiger partial charge is 0.246 e. The molecule has 2 aromatic carbocycles. The zero-order valence-corrected chi connectivity index (χ0v) is 25.4. The van der Waals surface area contributed by atoms with Gasteiger partial charge < -0.3 is 38.2 Å². The maximum atomic E-state index is 13.0. The molecule has 1 heterocycles. The van der Waals surface area contributed by atoms with Crippen LogP contribution in [0.3, 0.4) is 0 Å². The van der Waals surface area contributed by atoms with E-state index in [4.69, 9.17) is 28.4 Å². The van der Waals surface area contributed by atoms with Crippen LogP contribution in [0.5, 0.6) is 34.5 Å². The first-order valence-corrected chi connectivity index (χ1v) is 13.9. The predicted octanol–water partition coefficient (Wildman–Crippen LogP) is 4.70. The lowest BCUT2D eigenvalue weighted by Crippen LogP contribution is -2.36. The van der Waals surface area contributed by atoms with E-state index in [1.54, 1.807) is 91.2 Å². The van der Waals surface area contributed by atoms with Gasteiger partial charge in [-0.2, -0.15) is 0 Å². The molecule has 10 nitrogen and oxygen atoms in total. The van der Waals surface area contributed by atoms with Crippen LogP contribution in [-0.4, -0.2) is 90.5 Å². The van der Waals surface area contributed by atoms with Gasteiger partial charge in [0.15, 0.2) is 23.0 Å². The number of methoxy groups -OCH3 is 6. The van der Waals surface area contributed by atoms with Crippen molar-refractivity contribution in [2.75, 3.05) is 68.8 Å². The molecule has 0 atom stereocenters. The molecule has 0 saturated carbocycles. The number of nitrogens with zero attached hydrogens (tertiary/aromatic N) is 2. The zero-order chi connectivity index (χ0) is 30.5. The first-order valence-electron chi connectivity index (χ1n) is 13.9. The van der Waals surface area contributed by atoms with E-state index in [2.05, 4.69) is 0 Å². The summed E-state index contributed by atoms with van der Waals surface area (Å²) < 4.78 is 32.4. The van der Waals surface area contributed by atoms with Crippen molar-refractivity contribution < 1.29 is 38.0 Å². The fourth-order valence-electron chi connectivity index (χ4n) is 4.82. The second-order valence-corrected chi connectivity index (χ2v) is 9.65. The van der Waals surface area contributed by atoms with Crippen LogP contribution in [0.1, 0.15) is 36.8 Å². The van der Waals surface area contributed by atoms with Crippen molar-refractivity contribution in [3.05, 3.63) is 47.5 Å². The van der Waals surface area contributed by atoms with Gasteiger partial charge in [-0.3, -0.25) is 9.59 Å². The van der Waals surface area contributed by atoms with E-state index in [9.17, 15) is 9.59 Å². The van der Waals surface area contributed by atoms with Gasteiger partial charge in [-0.1, -0.05) is 0 Å². The molecule has 1 saturated heterocycles. The third kappa shape index (κ3) is 8.34. The number of ether oxygens (including phenoxy) is 6. The highest BCUT2D eigenvalue weighted by molar-refractivity contribution is 5.92. The van der Waals surface area contributed by atoms with Crippen molar-refractivity contribution >= 4 is 24.0 Å². The van der Waals surface area contributed by atoms with Gasteiger partial charge in [0, 0.05) is 38.3 Å². The van der Waals surface area contributed by atoms with Crippen LogP contribution >= 0.6 is 0 Å². The molecule has 2 aromatic rings. The molecule has 3 rings (SSSR count). The Labute approximate surface area is 248 Å². The highest BCUT2D eigenvalue weighted by Crippen LogP contribution is 2.39. The topological polar surface area (TPSA) is 96.0 Å². The highest BCUT2D eigenvalue weighted by Gasteiger charge is 2.17. The standard InChI is InChI=1S/C32H42N2O8/c1-37-25-19-23(20-26(38-2)31(25)41-5)11-13-29(35)33-15-7-9-17-34(18-10-8-16-33)30(36)14-12-24-21-27(39-3)32(42-6)28(22-24)40-4/h11-14,19-22H,7-10,15-18H2,1-6H3. The lowest BCUT2D eigenvalue weighted by Gasteiger charge is -2.27. The number of carbonyl (C=O) groups is 2. The van der Waals surface area contributed by atoms with Crippen molar-refractivity contribution in [1.82, 2.24) is 9.80 Å². The number of carbonyl (C=O) groups excluding carboxylic acids is 2. The van der Waals surface area contributed by atoms with Crippen LogP contribution in [-0.2, 0) is 9.59 Å². The Bertz CT molecular complexity index is 1110. The maximum absolute atomic E-state index is 13.0. The Morgan fingerprint density at radius 3 is 1.05 bits per heavy atom. The van der Waals surface area contributed by atoms with Gasteiger partial charge in [0.05, 0.1) is 42.7 Å². The number of rotatable bonds is 10. The molecular formula is C32H42N2O8. The fourth-order valence-corrected chi connectivity index (χ4v) is 4.82. The highest BCUT2D eigenvalue weighted by atomic mass is 16.5. The molecule has 1 fully saturated rings. The Hall–Kier alpha value is -4.34. The minimum absolute atomic E-state index is 0.0504. The number of hydrogen-bond acceptors (Lipinski definition) is 8. The van der Waals surface area contributed by atoms with Crippen molar-refractivity contribution in [3.8, 4) is 34.5 Å². The van der Waals surface area contributed by atoms with E-state index in [-0.39, 0.29) is 11.8 Å². The third-order valence-electron chi connectivity index (χ3n) is 7.05. The lowest BCUT2D eigenvalue weighted by molar-refractivity contribution is -0.128. The first kappa shape index (κ1) is 32.2. The molecule has 2 amide bonds. The van der Waals surface area contributed by atoms with E-state index in [0.29, 0.717) is 60.7 Å². The molecule has 0 aliphatic carbocycles. The summed E-state index contributed by atoms with van der Waals surface area (Å²) in [5, 5.41) is 0. The second kappa shape index (κ2) is 16.2. The monoisotopic (exact) mass is 582 g/mol. The third-order valence-corrected chi connectivity index (χ3v) is 7.05. The van der Waals surface area contributed by atoms with Gasteiger partial charge in [-0.05, 0) is 73.2 Å². The summed E-state index contributed by atoms with van der Waals surface area (Å²) in [7, 11) is 9.33. The SMILES string of the molecule is COc1cc(C=CC(=O)N2CCCCN(C(=O)C=Cc3cc(OC)c(OC)c(OC)c3)CCCC2)cc(OC)c1OC. The summed E-state index contributed by atoms with van der Waals surface area (Å²) in [6, 6.07) is 7.20. The lowest BCUT2D eigenvalue weighted by atomic mass is 10.1. The Balaban J connectivity index is 1.59. The Morgan fingerprint density at radius 1 is 0.524 bits per heavy atom. The molecule has 0 N–H and O–H groups in total. The second-order valence-electron chi connectivity index (χ2n) is 9.65. The van der Waals surface area contributed by atoms with Crippen LogP contribution < -0.4 is 28.4 Å². The van der Waals surface area contributed by atoms with E-state index in [1.807, 2.05) is 9.80 Å². The maximum Gasteiger partial charge on any atom is 0.246 e. The summed E-state index contributed by atoms with van der Waals surface area (Å²) in [6.07, 6.45) is 9.85. The quantitative estimate of drug-likeness (QED) is 0.372. The molecule has 228 valence electrons. The van der Waals surface area contributed by atoms with E-state index in [1.165, 1.54) is 0 Å². The van der Waals surface area contributed by atoms with E-state index < -0.39 is 0 Å². The zero-order valence-electron chi connectivity index (χ0n) is 25.4. The van der Waals surface area contributed by atoms with Crippen LogP contribution in [0, 0.1) is 0 Å². The summed E-state index contributed by atoms with van der Waals surface area (Å²) in [5.74, 6) is 3.02. The van der Waals surface area contributed by atoms with Crippen LogP contribution in [0.2, 0.25) is 0 Å². The van der Waals surface area contributed by atoms with E-state index >= 15 is 0 Å². The number of benzene rings is 2. The van der Waals surface area contributed by atoms with Crippen LogP contribution in [0.4, 0.5) is 0 Å². The molecule has 0 spiro atoms. The molecule has 1 aliphatic rings. The van der Waals surface area contributed by atoms with Gasteiger partial charge in [-0.25, -0.2) is 0 Å². The van der Waals surface area contributed by atoms with Crippen molar-refractivity contribution in [2.45, 2.75) is 25.7 Å². The number of hydrogen-bond donors (Lipinski definition) is 0. The summed E-state index contributed by atoms with van der Waals surface area (Å²) >= 11 is 0. The molecule has 0 bridgehead atoms. The van der Waals surface area contributed by atoms with Crippen LogP contribution in [0.25, 0.3) is 12.2 Å². The van der Waals surface area contributed by atoms with Gasteiger partial charge >= 0.3 is 0 Å². The van der Waals surface area contributed by atoms with Gasteiger partial charge in [0.25, 0.3) is 0 Å². The fraction of sp³-hybridized carbons (Fsp3) is 0.438. The molecule has 0 unspecified atom stereocenters. The molecular weight excluding hydrogens is 540 g/mol. The van der Waals surface area contributed by atoms with E-state index in [0.717, 1.165) is 36.8 Å². The summed E-state index contributed by atoms with van der Waals surface area (Å²) in [6.45, 7) is 2.51. The largest absolute Gasteiger partial charge is 0.493 e. The molecule has 10 heteroatoms. The van der Waals surface area contributed by atoms with Gasteiger partial charge in [0.2, 0.25) is 23.3 Å². The molecule has 42 heavy (non-hydrogen) atoms. The Kier molecular flexibility index (Phi) is 12.4. The van der Waals surface area contributed by atoms with Gasteiger partial charge in [0.1, 0.15) is 0 Å². The average molecular weight is 583 g/mol. The van der Waals surface area contributed by atoms with Crippen molar-refractivity contribution in [2.24, 2.45) is 0 Å². The average Bonchev–Trinajstić information content (AvgIpc) is 3.03. The van der Waals surface area contributed by atoms with Gasteiger partial charge in [-0.15, -0.1) is 0 Å². The van der Waals surface area contributed by atoms with Crippen molar-refractivity contribution in [1.29, 1.82) is 0 Å². The normalized spacial score (nSPS) is 14.5. The molecule has 1 aliphatic heterocycles. The minimum Gasteiger partial charge on any atom is -0.493 e. The summed E-state index contributed by atoms with van der Waals surface area (Å²) in [5.41, 5.74) is 1.54. The predicted molar refractivity (Wildman–Crippen MR) is 162 cm³/mol. The molecule has 0 aromatic heterocycles. The number of amides is 2. The molecule has 0 radical (unpaired) electrons. The first-order chi connectivity index (χ1) is 20.4. The summed E-state index contributed by atoms with van der Waals surface area (Å²) in [4.78, 5) is 29.8.